The Morgan fingerprint density at radius 1 is 1.11 bits per heavy atom. The van der Waals surface area contributed by atoms with Crippen LogP contribution >= 0.6 is 31.9 Å². The van der Waals surface area contributed by atoms with Gasteiger partial charge in [0.05, 0.1) is 6.61 Å². The Morgan fingerprint density at radius 2 is 1.84 bits per heavy atom. The Balaban J connectivity index is 2.43. The fourth-order valence-corrected chi connectivity index (χ4v) is 2.73. The molecule has 2 aromatic rings. The third kappa shape index (κ3) is 3.38. The Hall–Kier alpha value is -0.840. The summed E-state index contributed by atoms with van der Waals surface area (Å²) in [5.41, 5.74) is 1.57. The standard InChI is InChI=1S/C15H14Br2O2/c1-2-19-14-6-4-3-5-11(14)15(18)12-9-10(16)7-8-13(12)17/h3-9,15,18H,2H2,1H3. The zero-order chi connectivity index (χ0) is 13.8. The molecule has 0 aliphatic rings. The Kier molecular flexibility index (Phi) is 5.02. The van der Waals surface area contributed by atoms with Crippen molar-refractivity contribution >= 4 is 31.9 Å². The van der Waals surface area contributed by atoms with E-state index >= 15 is 0 Å². The molecule has 0 heterocycles. The molecule has 1 unspecified atom stereocenters. The smallest absolute Gasteiger partial charge is 0.125 e. The minimum atomic E-state index is -0.727. The molecule has 0 saturated heterocycles. The van der Waals surface area contributed by atoms with E-state index in [1.165, 1.54) is 0 Å². The molecule has 0 radical (unpaired) electrons. The highest BCUT2D eigenvalue weighted by molar-refractivity contribution is 9.11. The molecule has 19 heavy (non-hydrogen) atoms. The molecule has 0 bridgehead atoms. The highest BCUT2D eigenvalue weighted by Gasteiger charge is 2.17. The fourth-order valence-electron chi connectivity index (χ4n) is 1.89. The van der Waals surface area contributed by atoms with Gasteiger partial charge in [0, 0.05) is 20.1 Å². The first-order chi connectivity index (χ1) is 9.13. The second-order valence-corrected chi connectivity index (χ2v) is 5.81. The number of aliphatic hydroxyl groups is 1. The SMILES string of the molecule is CCOc1ccccc1C(O)c1cc(Br)ccc1Br. The summed E-state index contributed by atoms with van der Waals surface area (Å²) in [6, 6.07) is 13.3. The minimum absolute atomic E-state index is 0.573. The van der Waals surface area contributed by atoms with Crippen molar-refractivity contribution in [1.29, 1.82) is 0 Å². The van der Waals surface area contributed by atoms with Crippen LogP contribution in [-0.4, -0.2) is 11.7 Å². The highest BCUT2D eigenvalue weighted by Crippen LogP contribution is 2.34. The van der Waals surface area contributed by atoms with Gasteiger partial charge in [-0.15, -0.1) is 0 Å². The van der Waals surface area contributed by atoms with Gasteiger partial charge < -0.3 is 9.84 Å². The third-order valence-corrected chi connectivity index (χ3v) is 3.98. The summed E-state index contributed by atoms with van der Waals surface area (Å²) in [5, 5.41) is 10.6. The zero-order valence-electron chi connectivity index (χ0n) is 10.4. The number of benzene rings is 2. The molecule has 1 N–H and O–H groups in total. The summed E-state index contributed by atoms with van der Waals surface area (Å²) in [4.78, 5) is 0. The van der Waals surface area contributed by atoms with Gasteiger partial charge in [-0.3, -0.25) is 0 Å². The summed E-state index contributed by atoms with van der Waals surface area (Å²) >= 11 is 6.89. The highest BCUT2D eigenvalue weighted by atomic mass is 79.9. The number of hydrogen-bond donors (Lipinski definition) is 1. The molecule has 100 valence electrons. The summed E-state index contributed by atoms with van der Waals surface area (Å²) in [7, 11) is 0. The number of para-hydroxylation sites is 1. The first-order valence-electron chi connectivity index (χ1n) is 5.98. The van der Waals surface area contributed by atoms with Gasteiger partial charge in [-0.1, -0.05) is 50.1 Å². The van der Waals surface area contributed by atoms with Gasteiger partial charge >= 0.3 is 0 Å². The lowest BCUT2D eigenvalue weighted by Gasteiger charge is -2.17. The van der Waals surface area contributed by atoms with Crippen LogP contribution in [0, 0.1) is 0 Å². The lowest BCUT2D eigenvalue weighted by atomic mass is 10.0. The van der Waals surface area contributed by atoms with Crippen LogP contribution < -0.4 is 4.74 Å². The maximum absolute atomic E-state index is 10.6. The number of rotatable bonds is 4. The van der Waals surface area contributed by atoms with E-state index in [2.05, 4.69) is 31.9 Å². The van der Waals surface area contributed by atoms with E-state index in [1.54, 1.807) is 0 Å². The van der Waals surface area contributed by atoms with Crippen molar-refractivity contribution in [3.05, 3.63) is 62.5 Å². The van der Waals surface area contributed by atoms with E-state index in [9.17, 15) is 5.11 Å². The average molecular weight is 386 g/mol. The van der Waals surface area contributed by atoms with E-state index < -0.39 is 6.10 Å². The Labute approximate surface area is 129 Å². The quantitative estimate of drug-likeness (QED) is 0.826. The summed E-state index contributed by atoms with van der Waals surface area (Å²) in [6.45, 7) is 2.50. The first-order valence-corrected chi connectivity index (χ1v) is 7.56. The topological polar surface area (TPSA) is 29.5 Å². The number of halogens is 2. The molecule has 2 rings (SSSR count). The Bertz CT molecular complexity index is 570. The van der Waals surface area contributed by atoms with Gasteiger partial charge in [0.2, 0.25) is 0 Å². The molecule has 4 heteroatoms. The van der Waals surface area contributed by atoms with Crippen molar-refractivity contribution in [3.8, 4) is 5.75 Å². The molecule has 0 aliphatic carbocycles. The number of aliphatic hydroxyl groups excluding tert-OH is 1. The van der Waals surface area contributed by atoms with E-state index in [4.69, 9.17) is 4.74 Å². The second kappa shape index (κ2) is 6.55. The summed E-state index contributed by atoms with van der Waals surface area (Å²) in [6.07, 6.45) is -0.727. The van der Waals surface area contributed by atoms with Crippen LogP contribution in [0.1, 0.15) is 24.2 Å². The van der Waals surface area contributed by atoms with Crippen LogP contribution in [0.25, 0.3) is 0 Å². The van der Waals surface area contributed by atoms with Crippen LogP contribution in [-0.2, 0) is 0 Å². The van der Waals surface area contributed by atoms with Crippen LogP contribution in [0.5, 0.6) is 5.75 Å². The van der Waals surface area contributed by atoms with Crippen molar-refractivity contribution in [2.45, 2.75) is 13.0 Å². The molecule has 1 atom stereocenters. The van der Waals surface area contributed by atoms with Gasteiger partial charge in [0.25, 0.3) is 0 Å². The molecule has 0 spiro atoms. The van der Waals surface area contributed by atoms with Gasteiger partial charge in [-0.2, -0.15) is 0 Å². The maximum Gasteiger partial charge on any atom is 0.125 e. The second-order valence-electron chi connectivity index (χ2n) is 4.04. The molecule has 0 fully saturated rings. The van der Waals surface area contributed by atoms with Crippen LogP contribution in [0.15, 0.2) is 51.4 Å². The zero-order valence-corrected chi connectivity index (χ0v) is 13.6. The van der Waals surface area contributed by atoms with Crippen molar-refractivity contribution in [1.82, 2.24) is 0 Å². The van der Waals surface area contributed by atoms with E-state index in [-0.39, 0.29) is 0 Å². The lowest BCUT2D eigenvalue weighted by molar-refractivity contribution is 0.211. The van der Waals surface area contributed by atoms with Gasteiger partial charge in [0.1, 0.15) is 11.9 Å². The molecular formula is C15H14Br2O2. The first kappa shape index (κ1) is 14.6. The summed E-state index contributed by atoms with van der Waals surface area (Å²) in [5.74, 6) is 0.712. The predicted molar refractivity (Wildman–Crippen MR) is 83.5 cm³/mol. The Morgan fingerprint density at radius 3 is 2.58 bits per heavy atom. The minimum Gasteiger partial charge on any atom is -0.493 e. The van der Waals surface area contributed by atoms with Crippen molar-refractivity contribution in [2.24, 2.45) is 0 Å². The fraction of sp³-hybridized carbons (Fsp3) is 0.200. The van der Waals surface area contributed by atoms with Crippen molar-refractivity contribution in [3.63, 3.8) is 0 Å². The average Bonchev–Trinajstić information content (AvgIpc) is 2.42. The molecule has 0 saturated carbocycles. The summed E-state index contributed by atoms with van der Waals surface area (Å²) < 4.78 is 7.36. The largest absolute Gasteiger partial charge is 0.493 e. The van der Waals surface area contributed by atoms with E-state index in [0.29, 0.717) is 12.4 Å². The monoisotopic (exact) mass is 384 g/mol. The van der Waals surface area contributed by atoms with Crippen LogP contribution in [0.4, 0.5) is 0 Å². The normalized spacial score (nSPS) is 12.2. The number of ether oxygens (including phenoxy) is 1. The predicted octanol–water partition coefficient (Wildman–Crippen LogP) is 4.69. The molecular weight excluding hydrogens is 372 g/mol. The van der Waals surface area contributed by atoms with Gasteiger partial charge in [-0.25, -0.2) is 0 Å². The lowest BCUT2D eigenvalue weighted by Crippen LogP contribution is -2.04. The molecule has 0 aliphatic heterocycles. The van der Waals surface area contributed by atoms with Crippen molar-refractivity contribution in [2.75, 3.05) is 6.61 Å². The van der Waals surface area contributed by atoms with E-state index in [0.717, 1.165) is 20.1 Å². The third-order valence-electron chi connectivity index (χ3n) is 2.77. The van der Waals surface area contributed by atoms with Crippen LogP contribution in [0.2, 0.25) is 0 Å². The maximum atomic E-state index is 10.6. The number of hydrogen-bond acceptors (Lipinski definition) is 2. The van der Waals surface area contributed by atoms with Crippen LogP contribution in [0.3, 0.4) is 0 Å². The molecule has 0 amide bonds. The van der Waals surface area contributed by atoms with E-state index in [1.807, 2.05) is 49.4 Å². The van der Waals surface area contributed by atoms with Gasteiger partial charge in [0.15, 0.2) is 0 Å². The molecule has 0 aromatic heterocycles. The molecule has 2 nitrogen and oxygen atoms in total. The van der Waals surface area contributed by atoms with Crippen molar-refractivity contribution < 1.29 is 9.84 Å². The molecule has 2 aromatic carbocycles. The van der Waals surface area contributed by atoms with Gasteiger partial charge in [-0.05, 0) is 31.2 Å².